The molecule has 0 atom stereocenters. The van der Waals surface area contributed by atoms with Gasteiger partial charge in [0.05, 0.1) is 12.0 Å². The molecule has 1 N–H and O–H groups in total. The molecule has 0 aromatic heterocycles. The maximum absolute atomic E-state index is 13.0. The van der Waals surface area contributed by atoms with Gasteiger partial charge in [-0.15, -0.1) is 0 Å². The van der Waals surface area contributed by atoms with Crippen molar-refractivity contribution in [1.82, 2.24) is 15.1 Å². The number of benzene rings is 1. The van der Waals surface area contributed by atoms with Gasteiger partial charge in [-0.3, -0.25) is 14.5 Å². The standard InChI is InChI=1S/C19H27N3O2/c1-15(2)20-17(23)14-21-10-12-22(13-11-21)18(24)19(8-9-19)16-6-4-3-5-7-16/h3-7,15H,8-14H2,1-2H3,(H,20,23). The van der Waals surface area contributed by atoms with Crippen LogP contribution in [0.2, 0.25) is 0 Å². The third kappa shape index (κ3) is 3.61. The van der Waals surface area contributed by atoms with Crippen LogP contribution in [-0.4, -0.2) is 60.4 Å². The normalized spacial score (nSPS) is 20.0. The number of rotatable bonds is 5. The van der Waals surface area contributed by atoms with Crippen molar-refractivity contribution in [2.45, 2.75) is 38.1 Å². The average Bonchev–Trinajstić information content (AvgIpc) is 3.37. The van der Waals surface area contributed by atoms with Gasteiger partial charge in [-0.2, -0.15) is 0 Å². The second-order valence-corrected chi connectivity index (χ2v) is 7.24. The fraction of sp³-hybridized carbons (Fsp3) is 0.579. The molecule has 5 nitrogen and oxygen atoms in total. The highest BCUT2D eigenvalue weighted by Crippen LogP contribution is 2.49. The van der Waals surface area contributed by atoms with Crippen LogP contribution in [0.15, 0.2) is 30.3 Å². The summed E-state index contributed by atoms with van der Waals surface area (Å²) < 4.78 is 0. The number of hydrogen-bond donors (Lipinski definition) is 1. The van der Waals surface area contributed by atoms with E-state index in [-0.39, 0.29) is 23.3 Å². The summed E-state index contributed by atoms with van der Waals surface area (Å²) in [5.74, 6) is 0.327. The van der Waals surface area contributed by atoms with Crippen LogP contribution in [0.4, 0.5) is 0 Å². The van der Waals surface area contributed by atoms with Gasteiger partial charge in [-0.05, 0) is 32.3 Å². The van der Waals surface area contributed by atoms with E-state index in [0.717, 1.165) is 31.5 Å². The highest BCUT2D eigenvalue weighted by Gasteiger charge is 2.53. The smallest absolute Gasteiger partial charge is 0.234 e. The van der Waals surface area contributed by atoms with Gasteiger partial charge < -0.3 is 10.2 Å². The summed E-state index contributed by atoms with van der Waals surface area (Å²) >= 11 is 0. The molecule has 1 aromatic rings. The quantitative estimate of drug-likeness (QED) is 0.888. The Labute approximate surface area is 144 Å². The zero-order valence-corrected chi connectivity index (χ0v) is 14.6. The number of nitrogens with one attached hydrogen (secondary N) is 1. The lowest BCUT2D eigenvalue weighted by molar-refractivity contribution is -0.136. The molecule has 1 aromatic carbocycles. The molecule has 1 aliphatic carbocycles. The summed E-state index contributed by atoms with van der Waals surface area (Å²) in [5, 5.41) is 2.92. The summed E-state index contributed by atoms with van der Waals surface area (Å²) in [5.41, 5.74) is 0.868. The lowest BCUT2D eigenvalue weighted by Crippen LogP contribution is -2.53. The molecule has 0 radical (unpaired) electrons. The Hall–Kier alpha value is -1.88. The molecule has 130 valence electrons. The maximum Gasteiger partial charge on any atom is 0.234 e. The van der Waals surface area contributed by atoms with Gasteiger partial charge in [-0.25, -0.2) is 0 Å². The van der Waals surface area contributed by atoms with E-state index in [9.17, 15) is 9.59 Å². The summed E-state index contributed by atoms with van der Waals surface area (Å²) in [7, 11) is 0. The number of piperazine rings is 1. The van der Waals surface area contributed by atoms with Crippen LogP contribution in [0.5, 0.6) is 0 Å². The van der Waals surface area contributed by atoms with E-state index in [0.29, 0.717) is 19.6 Å². The minimum Gasteiger partial charge on any atom is -0.353 e. The third-order valence-corrected chi connectivity index (χ3v) is 4.96. The van der Waals surface area contributed by atoms with Crippen LogP contribution < -0.4 is 5.32 Å². The van der Waals surface area contributed by atoms with E-state index in [1.165, 1.54) is 0 Å². The fourth-order valence-corrected chi connectivity index (χ4v) is 3.49. The molecular weight excluding hydrogens is 302 g/mol. The Morgan fingerprint density at radius 2 is 1.71 bits per heavy atom. The minimum absolute atomic E-state index is 0.0627. The molecule has 5 heteroatoms. The van der Waals surface area contributed by atoms with E-state index >= 15 is 0 Å². The number of hydrogen-bond acceptors (Lipinski definition) is 3. The van der Waals surface area contributed by atoms with Gasteiger partial charge in [-0.1, -0.05) is 30.3 Å². The summed E-state index contributed by atoms with van der Waals surface area (Å²) in [6.45, 7) is 7.30. The van der Waals surface area contributed by atoms with Gasteiger partial charge in [0.1, 0.15) is 0 Å². The Kier molecular flexibility index (Phi) is 4.90. The van der Waals surface area contributed by atoms with Crippen LogP contribution in [0.25, 0.3) is 0 Å². The first kappa shape index (κ1) is 17.0. The Balaban J connectivity index is 1.54. The lowest BCUT2D eigenvalue weighted by atomic mass is 9.94. The lowest BCUT2D eigenvalue weighted by Gasteiger charge is -2.36. The molecule has 0 unspecified atom stereocenters. The molecule has 2 amide bonds. The zero-order valence-electron chi connectivity index (χ0n) is 14.6. The second kappa shape index (κ2) is 6.93. The van der Waals surface area contributed by atoms with Gasteiger partial charge in [0, 0.05) is 32.2 Å². The zero-order chi connectivity index (χ0) is 17.2. The van der Waals surface area contributed by atoms with Crippen molar-refractivity contribution in [2.24, 2.45) is 0 Å². The highest BCUT2D eigenvalue weighted by molar-refractivity contribution is 5.91. The molecule has 1 aliphatic heterocycles. The first-order valence-electron chi connectivity index (χ1n) is 8.88. The average molecular weight is 329 g/mol. The molecule has 0 bridgehead atoms. The SMILES string of the molecule is CC(C)NC(=O)CN1CCN(C(=O)C2(c3ccccc3)CC2)CC1. The van der Waals surface area contributed by atoms with E-state index in [2.05, 4.69) is 22.3 Å². The number of amides is 2. The summed E-state index contributed by atoms with van der Waals surface area (Å²) in [4.78, 5) is 29.0. The van der Waals surface area contributed by atoms with E-state index in [1.54, 1.807) is 0 Å². The van der Waals surface area contributed by atoms with Gasteiger partial charge >= 0.3 is 0 Å². The molecule has 0 spiro atoms. The maximum atomic E-state index is 13.0. The number of carbonyl (C=O) groups is 2. The van der Waals surface area contributed by atoms with Crippen molar-refractivity contribution >= 4 is 11.8 Å². The Bertz CT molecular complexity index is 588. The predicted molar refractivity (Wildman–Crippen MR) is 93.7 cm³/mol. The molecule has 2 aliphatic rings. The number of carbonyl (C=O) groups excluding carboxylic acids is 2. The topological polar surface area (TPSA) is 52.7 Å². The molecular formula is C19H27N3O2. The van der Waals surface area contributed by atoms with Gasteiger partial charge in [0.15, 0.2) is 0 Å². The van der Waals surface area contributed by atoms with Crippen LogP contribution in [-0.2, 0) is 15.0 Å². The van der Waals surface area contributed by atoms with Gasteiger partial charge in [0.2, 0.25) is 11.8 Å². The molecule has 1 saturated heterocycles. The van der Waals surface area contributed by atoms with Crippen LogP contribution >= 0.6 is 0 Å². The molecule has 2 fully saturated rings. The predicted octanol–water partition coefficient (Wildman–Crippen LogP) is 1.39. The first-order valence-corrected chi connectivity index (χ1v) is 8.88. The molecule has 1 saturated carbocycles. The van der Waals surface area contributed by atoms with Gasteiger partial charge in [0.25, 0.3) is 0 Å². The highest BCUT2D eigenvalue weighted by atomic mass is 16.2. The first-order chi connectivity index (χ1) is 11.5. The largest absolute Gasteiger partial charge is 0.353 e. The fourth-order valence-electron chi connectivity index (χ4n) is 3.49. The summed E-state index contributed by atoms with van der Waals surface area (Å²) in [6, 6.07) is 10.3. The summed E-state index contributed by atoms with van der Waals surface area (Å²) in [6.07, 6.45) is 1.90. The third-order valence-electron chi connectivity index (χ3n) is 4.96. The molecule has 1 heterocycles. The van der Waals surface area contributed by atoms with Crippen LogP contribution in [0.1, 0.15) is 32.3 Å². The van der Waals surface area contributed by atoms with E-state index in [1.807, 2.05) is 36.9 Å². The van der Waals surface area contributed by atoms with Crippen molar-refractivity contribution in [1.29, 1.82) is 0 Å². The van der Waals surface area contributed by atoms with Crippen LogP contribution in [0, 0.1) is 0 Å². The molecule has 24 heavy (non-hydrogen) atoms. The van der Waals surface area contributed by atoms with Crippen molar-refractivity contribution < 1.29 is 9.59 Å². The monoisotopic (exact) mass is 329 g/mol. The van der Waals surface area contributed by atoms with Crippen molar-refractivity contribution in [3.8, 4) is 0 Å². The second-order valence-electron chi connectivity index (χ2n) is 7.24. The molecule has 3 rings (SSSR count). The number of nitrogens with zero attached hydrogens (tertiary/aromatic N) is 2. The Morgan fingerprint density at radius 1 is 1.08 bits per heavy atom. The van der Waals surface area contributed by atoms with Crippen molar-refractivity contribution in [3.63, 3.8) is 0 Å². The van der Waals surface area contributed by atoms with Crippen molar-refractivity contribution in [3.05, 3.63) is 35.9 Å². The minimum atomic E-state index is -0.279. The van der Waals surface area contributed by atoms with E-state index in [4.69, 9.17) is 0 Å². The van der Waals surface area contributed by atoms with Crippen molar-refractivity contribution in [2.75, 3.05) is 32.7 Å². The van der Waals surface area contributed by atoms with Crippen LogP contribution in [0.3, 0.4) is 0 Å². The Morgan fingerprint density at radius 3 is 2.25 bits per heavy atom. The van der Waals surface area contributed by atoms with E-state index < -0.39 is 0 Å².